The lowest BCUT2D eigenvalue weighted by Gasteiger charge is -2.11. The maximum Gasteiger partial charge on any atom is 0.187 e. The van der Waals surface area contributed by atoms with Gasteiger partial charge in [0.15, 0.2) is 5.78 Å². The molecule has 2 aromatic carbocycles. The highest BCUT2D eigenvalue weighted by atomic mass is 16.5. The predicted octanol–water partition coefficient (Wildman–Crippen LogP) is 4.87. The van der Waals surface area contributed by atoms with Crippen molar-refractivity contribution in [3.05, 3.63) is 101 Å². The molecule has 0 fully saturated rings. The van der Waals surface area contributed by atoms with Crippen LogP contribution >= 0.6 is 0 Å². The Morgan fingerprint density at radius 3 is 2.64 bits per heavy atom. The van der Waals surface area contributed by atoms with Gasteiger partial charge in [-0.05, 0) is 48.4 Å². The third-order valence-corrected chi connectivity index (χ3v) is 3.92. The van der Waals surface area contributed by atoms with E-state index in [1.54, 1.807) is 36.7 Å². The van der Waals surface area contributed by atoms with E-state index in [0.717, 1.165) is 16.9 Å². The molecular formula is C22H19NO2. The lowest BCUT2D eigenvalue weighted by molar-refractivity contribution is 0.104. The van der Waals surface area contributed by atoms with Crippen LogP contribution in [0.1, 0.15) is 27.0 Å². The first kappa shape index (κ1) is 16.7. The van der Waals surface area contributed by atoms with E-state index >= 15 is 0 Å². The number of ether oxygens (including phenoxy) is 1. The van der Waals surface area contributed by atoms with Crippen LogP contribution in [0, 0.1) is 6.92 Å². The van der Waals surface area contributed by atoms with Crippen LogP contribution in [0.4, 0.5) is 0 Å². The summed E-state index contributed by atoms with van der Waals surface area (Å²) in [6.07, 6.45) is 6.54. The zero-order valence-corrected chi connectivity index (χ0v) is 14.1. The summed E-state index contributed by atoms with van der Waals surface area (Å²) in [6.45, 7) is 2.56. The molecule has 3 rings (SSSR count). The van der Waals surface area contributed by atoms with Crippen LogP contribution in [0.2, 0.25) is 0 Å². The van der Waals surface area contributed by atoms with Crippen molar-refractivity contribution in [2.45, 2.75) is 13.5 Å². The first-order valence-electron chi connectivity index (χ1n) is 8.13. The number of carbonyl (C=O) groups excluding carboxylic acids is 1. The summed E-state index contributed by atoms with van der Waals surface area (Å²) in [7, 11) is 0. The summed E-state index contributed by atoms with van der Waals surface area (Å²) in [5.41, 5.74) is 3.78. The summed E-state index contributed by atoms with van der Waals surface area (Å²) in [6, 6.07) is 19.3. The van der Waals surface area contributed by atoms with Crippen molar-refractivity contribution in [1.29, 1.82) is 0 Å². The molecule has 0 aliphatic rings. The molecule has 0 spiro atoms. The number of hydrogen-bond acceptors (Lipinski definition) is 3. The summed E-state index contributed by atoms with van der Waals surface area (Å²) < 4.78 is 5.97. The number of hydrogen-bond donors (Lipinski definition) is 0. The molecule has 0 N–H and O–H groups in total. The number of aryl methyl sites for hydroxylation is 1. The van der Waals surface area contributed by atoms with Crippen LogP contribution in [0.5, 0.6) is 5.75 Å². The van der Waals surface area contributed by atoms with Gasteiger partial charge >= 0.3 is 0 Å². The van der Waals surface area contributed by atoms with Crippen molar-refractivity contribution in [2.24, 2.45) is 0 Å². The number of carbonyl (C=O) groups is 1. The zero-order valence-electron chi connectivity index (χ0n) is 14.1. The van der Waals surface area contributed by atoms with Crippen LogP contribution in [-0.2, 0) is 6.61 Å². The average Bonchev–Trinajstić information content (AvgIpc) is 2.67. The molecule has 1 aromatic heterocycles. The van der Waals surface area contributed by atoms with Crippen LogP contribution in [0.25, 0.3) is 6.08 Å². The number of benzene rings is 2. The van der Waals surface area contributed by atoms with E-state index in [1.165, 1.54) is 5.56 Å². The number of nitrogens with zero attached hydrogens (tertiary/aromatic N) is 1. The SMILES string of the molecule is Cc1ccccc1COc1ccccc1/C=C/C(=O)c1cccnc1. The molecule has 0 saturated heterocycles. The Bertz CT molecular complexity index is 885. The Morgan fingerprint density at radius 2 is 1.84 bits per heavy atom. The molecule has 0 bridgehead atoms. The van der Waals surface area contributed by atoms with Crippen LogP contribution < -0.4 is 4.74 Å². The smallest absolute Gasteiger partial charge is 0.187 e. The Labute approximate surface area is 147 Å². The maximum atomic E-state index is 12.2. The second kappa shape index (κ2) is 8.06. The lowest BCUT2D eigenvalue weighted by Crippen LogP contribution is -1.99. The lowest BCUT2D eigenvalue weighted by atomic mass is 10.1. The summed E-state index contributed by atoms with van der Waals surface area (Å²) in [5.74, 6) is 0.669. The highest BCUT2D eigenvalue weighted by Gasteiger charge is 2.04. The molecule has 25 heavy (non-hydrogen) atoms. The molecule has 0 unspecified atom stereocenters. The quantitative estimate of drug-likeness (QED) is 0.478. The molecule has 124 valence electrons. The molecular weight excluding hydrogens is 310 g/mol. The number of aromatic nitrogens is 1. The largest absolute Gasteiger partial charge is 0.488 e. The molecule has 1 heterocycles. The van der Waals surface area contributed by atoms with Gasteiger partial charge in [0.25, 0.3) is 0 Å². The molecule has 0 saturated carbocycles. The Kier molecular flexibility index (Phi) is 5.37. The topological polar surface area (TPSA) is 39.2 Å². The van der Waals surface area contributed by atoms with Gasteiger partial charge in [-0.25, -0.2) is 0 Å². The van der Waals surface area contributed by atoms with E-state index in [1.807, 2.05) is 36.4 Å². The van der Waals surface area contributed by atoms with Gasteiger partial charge in [0, 0.05) is 23.5 Å². The van der Waals surface area contributed by atoms with Gasteiger partial charge in [-0.3, -0.25) is 9.78 Å². The Hall–Kier alpha value is -3.20. The third kappa shape index (κ3) is 4.42. The van der Waals surface area contributed by atoms with E-state index in [9.17, 15) is 4.79 Å². The summed E-state index contributed by atoms with van der Waals surface area (Å²) in [5, 5.41) is 0. The molecule has 3 nitrogen and oxygen atoms in total. The first-order valence-corrected chi connectivity index (χ1v) is 8.13. The predicted molar refractivity (Wildman–Crippen MR) is 99.6 cm³/mol. The number of pyridine rings is 1. The number of ketones is 1. The van der Waals surface area contributed by atoms with E-state index in [0.29, 0.717) is 12.2 Å². The van der Waals surface area contributed by atoms with E-state index in [4.69, 9.17) is 4.74 Å². The molecule has 0 aliphatic heterocycles. The molecule has 0 amide bonds. The second-order valence-electron chi connectivity index (χ2n) is 5.69. The Balaban J connectivity index is 1.74. The second-order valence-corrected chi connectivity index (χ2v) is 5.69. The maximum absolute atomic E-state index is 12.2. The van der Waals surface area contributed by atoms with Crippen molar-refractivity contribution < 1.29 is 9.53 Å². The fraction of sp³-hybridized carbons (Fsp3) is 0.0909. The minimum Gasteiger partial charge on any atom is -0.488 e. The zero-order chi connectivity index (χ0) is 17.5. The van der Waals surface area contributed by atoms with Crippen LogP contribution in [-0.4, -0.2) is 10.8 Å². The molecule has 3 heteroatoms. The van der Waals surface area contributed by atoms with E-state index in [-0.39, 0.29) is 5.78 Å². The van der Waals surface area contributed by atoms with Gasteiger partial charge in [0.05, 0.1) is 0 Å². The van der Waals surface area contributed by atoms with Crippen molar-refractivity contribution in [1.82, 2.24) is 4.98 Å². The Morgan fingerprint density at radius 1 is 1.04 bits per heavy atom. The van der Waals surface area contributed by atoms with Gasteiger partial charge in [-0.2, -0.15) is 0 Å². The van der Waals surface area contributed by atoms with Crippen LogP contribution in [0.3, 0.4) is 0 Å². The van der Waals surface area contributed by atoms with Gasteiger partial charge in [0.2, 0.25) is 0 Å². The fourth-order valence-corrected chi connectivity index (χ4v) is 2.45. The van der Waals surface area contributed by atoms with Crippen molar-refractivity contribution in [3.8, 4) is 5.75 Å². The number of para-hydroxylation sites is 1. The number of rotatable bonds is 6. The van der Waals surface area contributed by atoms with Crippen molar-refractivity contribution >= 4 is 11.9 Å². The van der Waals surface area contributed by atoms with Gasteiger partial charge in [0.1, 0.15) is 12.4 Å². The summed E-state index contributed by atoms with van der Waals surface area (Å²) in [4.78, 5) is 16.2. The molecule has 0 atom stereocenters. The van der Waals surface area contributed by atoms with Gasteiger partial charge in [-0.1, -0.05) is 42.5 Å². The van der Waals surface area contributed by atoms with Gasteiger partial charge in [-0.15, -0.1) is 0 Å². The van der Waals surface area contributed by atoms with E-state index in [2.05, 4.69) is 24.0 Å². The van der Waals surface area contributed by atoms with Crippen molar-refractivity contribution in [3.63, 3.8) is 0 Å². The van der Waals surface area contributed by atoms with Gasteiger partial charge < -0.3 is 4.74 Å². The minimum atomic E-state index is -0.0817. The molecule has 3 aromatic rings. The summed E-state index contributed by atoms with van der Waals surface area (Å²) >= 11 is 0. The van der Waals surface area contributed by atoms with Crippen molar-refractivity contribution in [2.75, 3.05) is 0 Å². The normalized spacial score (nSPS) is 10.8. The fourth-order valence-electron chi connectivity index (χ4n) is 2.45. The third-order valence-electron chi connectivity index (χ3n) is 3.92. The standard InChI is InChI=1S/C22H19NO2/c1-17-7-2-3-9-20(17)16-25-22-11-5-4-8-18(22)12-13-21(24)19-10-6-14-23-15-19/h2-15H,16H2,1H3/b13-12+. The first-order chi connectivity index (χ1) is 12.2. The monoisotopic (exact) mass is 329 g/mol. The van der Waals surface area contributed by atoms with Crippen LogP contribution in [0.15, 0.2) is 79.1 Å². The molecule has 0 aliphatic carbocycles. The highest BCUT2D eigenvalue weighted by Crippen LogP contribution is 2.21. The minimum absolute atomic E-state index is 0.0817. The molecule has 0 radical (unpaired) electrons. The number of allylic oxidation sites excluding steroid dienone is 1. The average molecular weight is 329 g/mol. The van der Waals surface area contributed by atoms with E-state index < -0.39 is 0 Å². The highest BCUT2D eigenvalue weighted by molar-refractivity contribution is 6.06.